The molecule has 48 valence electrons. The molecule has 0 saturated heterocycles. The Balaban J connectivity index is 2.77. The van der Waals surface area contributed by atoms with Crippen molar-refractivity contribution < 1.29 is 10.2 Å². The fourth-order valence-corrected chi connectivity index (χ4v) is 0.637. The standard InChI is InChI=1S/C7H8O2/c8-6-3-1-2-4-7(9)5-6/h1-4,8-9H,5H2. The molecular formula is C7H8O2. The Labute approximate surface area is 53.4 Å². The van der Waals surface area contributed by atoms with E-state index in [1.807, 2.05) is 0 Å². The van der Waals surface area contributed by atoms with Crippen molar-refractivity contribution >= 4 is 0 Å². The molecule has 0 fully saturated rings. The highest BCUT2D eigenvalue weighted by molar-refractivity contribution is 5.21. The van der Waals surface area contributed by atoms with Crippen molar-refractivity contribution in [1.29, 1.82) is 0 Å². The van der Waals surface area contributed by atoms with Crippen molar-refractivity contribution in [2.24, 2.45) is 0 Å². The number of hydrogen-bond acceptors (Lipinski definition) is 2. The van der Waals surface area contributed by atoms with Gasteiger partial charge >= 0.3 is 0 Å². The van der Waals surface area contributed by atoms with E-state index >= 15 is 0 Å². The lowest BCUT2D eigenvalue weighted by molar-refractivity contribution is 0.343. The van der Waals surface area contributed by atoms with E-state index < -0.39 is 0 Å². The number of rotatable bonds is 0. The summed E-state index contributed by atoms with van der Waals surface area (Å²) in [6, 6.07) is 0. The molecule has 2 nitrogen and oxygen atoms in total. The largest absolute Gasteiger partial charge is 0.512 e. The number of aliphatic hydroxyl groups is 2. The van der Waals surface area contributed by atoms with Gasteiger partial charge in [-0.25, -0.2) is 0 Å². The predicted octanol–water partition coefficient (Wildman–Crippen LogP) is 1.83. The topological polar surface area (TPSA) is 40.5 Å². The SMILES string of the molecule is OC1=CC=CC=C(O)C1. The van der Waals surface area contributed by atoms with E-state index in [9.17, 15) is 0 Å². The third kappa shape index (κ3) is 1.64. The smallest absolute Gasteiger partial charge is 0.0997 e. The molecule has 0 unspecified atom stereocenters. The highest BCUT2D eigenvalue weighted by Crippen LogP contribution is 2.08. The van der Waals surface area contributed by atoms with Gasteiger partial charge in [-0.05, 0) is 12.2 Å². The molecule has 1 rings (SSSR count). The summed E-state index contributed by atoms with van der Waals surface area (Å²) in [5, 5.41) is 17.7. The number of allylic oxidation sites excluding steroid dienone is 4. The van der Waals surface area contributed by atoms with E-state index in [-0.39, 0.29) is 17.9 Å². The third-order valence-electron chi connectivity index (χ3n) is 1.05. The molecule has 0 aromatic heterocycles. The Kier molecular flexibility index (Phi) is 1.58. The molecule has 9 heavy (non-hydrogen) atoms. The first-order chi connectivity index (χ1) is 4.29. The Hall–Kier alpha value is -1.18. The van der Waals surface area contributed by atoms with E-state index in [0.29, 0.717) is 0 Å². The summed E-state index contributed by atoms with van der Waals surface area (Å²) in [5.41, 5.74) is 0. The van der Waals surface area contributed by atoms with Gasteiger partial charge in [0.1, 0.15) is 0 Å². The van der Waals surface area contributed by atoms with Gasteiger partial charge in [-0.1, -0.05) is 12.2 Å². The second kappa shape index (κ2) is 2.40. The molecule has 0 amide bonds. The average molecular weight is 124 g/mol. The van der Waals surface area contributed by atoms with E-state index in [2.05, 4.69) is 0 Å². The zero-order valence-electron chi connectivity index (χ0n) is 4.91. The minimum absolute atomic E-state index is 0.192. The molecule has 0 heterocycles. The van der Waals surface area contributed by atoms with E-state index in [0.717, 1.165) is 0 Å². The van der Waals surface area contributed by atoms with Gasteiger partial charge in [-0.3, -0.25) is 0 Å². The molecule has 0 spiro atoms. The van der Waals surface area contributed by atoms with Crippen LogP contribution in [0.5, 0.6) is 0 Å². The summed E-state index contributed by atoms with van der Waals surface area (Å²) in [7, 11) is 0. The molecule has 1 aliphatic rings. The summed E-state index contributed by atoms with van der Waals surface area (Å²) in [4.78, 5) is 0. The van der Waals surface area contributed by atoms with Gasteiger partial charge in [0.2, 0.25) is 0 Å². The lowest BCUT2D eigenvalue weighted by atomic mass is 10.3. The fraction of sp³-hybridized carbons (Fsp3) is 0.143. The van der Waals surface area contributed by atoms with Crippen molar-refractivity contribution in [1.82, 2.24) is 0 Å². The third-order valence-corrected chi connectivity index (χ3v) is 1.05. The van der Waals surface area contributed by atoms with Crippen LogP contribution in [0, 0.1) is 0 Å². The second-order valence-electron chi connectivity index (χ2n) is 1.88. The van der Waals surface area contributed by atoms with Crippen molar-refractivity contribution in [2.45, 2.75) is 6.42 Å². The summed E-state index contributed by atoms with van der Waals surface area (Å²) >= 11 is 0. The Morgan fingerprint density at radius 2 is 1.44 bits per heavy atom. The minimum Gasteiger partial charge on any atom is -0.512 e. The van der Waals surface area contributed by atoms with Crippen molar-refractivity contribution in [3.63, 3.8) is 0 Å². The maximum atomic E-state index is 8.87. The van der Waals surface area contributed by atoms with Crippen LogP contribution in [0.4, 0.5) is 0 Å². The fourth-order valence-electron chi connectivity index (χ4n) is 0.637. The van der Waals surface area contributed by atoms with Crippen LogP contribution < -0.4 is 0 Å². The van der Waals surface area contributed by atoms with Crippen LogP contribution in [0.2, 0.25) is 0 Å². The first kappa shape index (κ1) is 5.95. The van der Waals surface area contributed by atoms with E-state index in [1.165, 1.54) is 0 Å². The lowest BCUT2D eigenvalue weighted by Gasteiger charge is -1.93. The minimum atomic E-state index is 0.192. The van der Waals surface area contributed by atoms with Crippen LogP contribution in [0.15, 0.2) is 35.8 Å². The van der Waals surface area contributed by atoms with Crippen molar-refractivity contribution in [2.75, 3.05) is 0 Å². The predicted molar refractivity (Wildman–Crippen MR) is 35.2 cm³/mol. The second-order valence-corrected chi connectivity index (χ2v) is 1.88. The van der Waals surface area contributed by atoms with Gasteiger partial charge in [0.15, 0.2) is 0 Å². The number of aliphatic hydroxyl groups excluding tert-OH is 2. The van der Waals surface area contributed by atoms with E-state index in [1.54, 1.807) is 24.3 Å². The first-order valence-electron chi connectivity index (χ1n) is 2.73. The van der Waals surface area contributed by atoms with Crippen molar-refractivity contribution in [3.8, 4) is 0 Å². The summed E-state index contributed by atoms with van der Waals surface area (Å²) in [5.74, 6) is 0.384. The van der Waals surface area contributed by atoms with Crippen LogP contribution in [0.3, 0.4) is 0 Å². The van der Waals surface area contributed by atoms with Gasteiger partial charge in [-0.2, -0.15) is 0 Å². The molecule has 0 atom stereocenters. The van der Waals surface area contributed by atoms with Crippen LogP contribution in [0.25, 0.3) is 0 Å². The van der Waals surface area contributed by atoms with Crippen LogP contribution in [0.1, 0.15) is 6.42 Å². The first-order valence-corrected chi connectivity index (χ1v) is 2.73. The molecule has 0 aromatic rings. The molecule has 1 aliphatic carbocycles. The van der Waals surface area contributed by atoms with Gasteiger partial charge in [0.05, 0.1) is 17.9 Å². The summed E-state index contributed by atoms with van der Waals surface area (Å²) in [6.07, 6.45) is 6.71. The molecule has 2 heteroatoms. The summed E-state index contributed by atoms with van der Waals surface area (Å²) < 4.78 is 0. The summed E-state index contributed by atoms with van der Waals surface area (Å²) in [6.45, 7) is 0. The molecule has 0 aromatic carbocycles. The highest BCUT2D eigenvalue weighted by atomic mass is 16.3. The van der Waals surface area contributed by atoms with Crippen LogP contribution in [-0.4, -0.2) is 10.2 Å². The molecule has 0 bridgehead atoms. The van der Waals surface area contributed by atoms with Gasteiger partial charge in [-0.15, -0.1) is 0 Å². The maximum Gasteiger partial charge on any atom is 0.0997 e. The van der Waals surface area contributed by atoms with Gasteiger partial charge < -0.3 is 10.2 Å². The molecule has 2 N–H and O–H groups in total. The molecular weight excluding hydrogens is 116 g/mol. The zero-order valence-corrected chi connectivity index (χ0v) is 4.91. The number of hydrogen-bond donors (Lipinski definition) is 2. The highest BCUT2D eigenvalue weighted by Gasteiger charge is 1.97. The van der Waals surface area contributed by atoms with Crippen molar-refractivity contribution in [3.05, 3.63) is 35.8 Å². The Morgan fingerprint density at radius 3 is 1.89 bits per heavy atom. The van der Waals surface area contributed by atoms with Crippen LogP contribution in [-0.2, 0) is 0 Å². The maximum absolute atomic E-state index is 8.87. The quantitative estimate of drug-likeness (QED) is 0.517. The Morgan fingerprint density at radius 1 is 1.00 bits per heavy atom. The Bertz CT molecular complexity index is 167. The molecule has 0 saturated carbocycles. The normalized spacial score (nSPS) is 18.2. The lowest BCUT2D eigenvalue weighted by Crippen LogP contribution is -1.82. The van der Waals surface area contributed by atoms with Gasteiger partial charge in [0, 0.05) is 0 Å². The monoisotopic (exact) mass is 124 g/mol. The van der Waals surface area contributed by atoms with Crippen LogP contribution >= 0.6 is 0 Å². The molecule has 0 radical (unpaired) electrons. The average Bonchev–Trinajstić information content (AvgIpc) is 1.93. The zero-order chi connectivity index (χ0) is 6.69. The molecule has 0 aliphatic heterocycles. The van der Waals surface area contributed by atoms with E-state index in [4.69, 9.17) is 10.2 Å². The van der Waals surface area contributed by atoms with Gasteiger partial charge in [0.25, 0.3) is 0 Å².